The van der Waals surface area contributed by atoms with Gasteiger partial charge in [-0.2, -0.15) is 0 Å². The van der Waals surface area contributed by atoms with Crippen LogP contribution in [0.25, 0.3) is 0 Å². The lowest BCUT2D eigenvalue weighted by Gasteiger charge is -2.31. The van der Waals surface area contributed by atoms with E-state index in [1.54, 1.807) is 0 Å². The average Bonchev–Trinajstić information content (AvgIpc) is 2.44. The summed E-state index contributed by atoms with van der Waals surface area (Å²) in [5, 5.41) is 3.41. The van der Waals surface area contributed by atoms with E-state index in [2.05, 4.69) is 24.1 Å². The van der Waals surface area contributed by atoms with Gasteiger partial charge in [-0.15, -0.1) is 0 Å². The maximum atomic E-state index is 11.8. The number of nitrogens with one attached hydrogen (secondary N) is 1. The van der Waals surface area contributed by atoms with E-state index < -0.39 is 0 Å². The summed E-state index contributed by atoms with van der Waals surface area (Å²) in [4.78, 5) is 14.3. The van der Waals surface area contributed by atoms with Crippen molar-refractivity contribution in [3.05, 3.63) is 0 Å². The second-order valence-corrected chi connectivity index (χ2v) is 5.38. The minimum absolute atomic E-state index is 0.0876. The fourth-order valence-electron chi connectivity index (χ4n) is 2.65. The van der Waals surface area contributed by atoms with Crippen molar-refractivity contribution in [1.82, 2.24) is 10.2 Å². The highest BCUT2D eigenvalue weighted by atomic mass is 16.5. The molecule has 0 aromatic heterocycles. The van der Waals surface area contributed by atoms with Crippen LogP contribution in [0.5, 0.6) is 0 Å². The Balaban J connectivity index is 2.29. The zero-order valence-corrected chi connectivity index (χ0v) is 12.8. The van der Waals surface area contributed by atoms with E-state index in [1.807, 2.05) is 6.92 Å². The molecule has 0 saturated carbocycles. The standard InChI is InChI=1S/C15H30N2O2/c1-4-7-14(15(18)19-6-3)16-12-13-8-10-17(5-2)11-9-13/h13-14,16H,4-12H2,1-3H3. The van der Waals surface area contributed by atoms with Gasteiger partial charge in [0.1, 0.15) is 6.04 Å². The van der Waals surface area contributed by atoms with Gasteiger partial charge in [-0.1, -0.05) is 20.3 Å². The Hall–Kier alpha value is -0.610. The van der Waals surface area contributed by atoms with E-state index in [0.29, 0.717) is 12.5 Å². The van der Waals surface area contributed by atoms with Crippen LogP contribution in [-0.2, 0) is 9.53 Å². The number of nitrogens with zero attached hydrogens (tertiary/aromatic N) is 1. The summed E-state index contributed by atoms with van der Waals surface area (Å²) in [5.41, 5.74) is 0. The molecule has 4 heteroatoms. The first-order valence-corrected chi connectivity index (χ1v) is 7.83. The van der Waals surface area contributed by atoms with E-state index >= 15 is 0 Å². The fourth-order valence-corrected chi connectivity index (χ4v) is 2.65. The molecule has 112 valence electrons. The van der Waals surface area contributed by atoms with Crippen LogP contribution < -0.4 is 5.32 Å². The fraction of sp³-hybridized carbons (Fsp3) is 0.933. The summed E-state index contributed by atoms with van der Waals surface area (Å²) in [6.45, 7) is 11.1. The summed E-state index contributed by atoms with van der Waals surface area (Å²) in [7, 11) is 0. The minimum atomic E-state index is -0.117. The van der Waals surface area contributed by atoms with E-state index in [9.17, 15) is 4.79 Å². The van der Waals surface area contributed by atoms with E-state index in [-0.39, 0.29) is 12.0 Å². The Bertz CT molecular complexity index is 251. The van der Waals surface area contributed by atoms with Crippen LogP contribution in [0.3, 0.4) is 0 Å². The first-order valence-electron chi connectivity index (χ1n) is 7.83. The molecule has 19 heavy (non-hydrogen) atoms. The predicted molar refractivity (Wildman–Crippen MR) is 78.2 cm³/mol. The van der Waals surface area contributed by atoms with Crippen LogP contribution in [-0.4, -0.2) is 49.7 Å². The maximum absolute atomic E-state index is 11.8. The van der Waals surface area contributed by atoms with Crippen LogP contribution >= 0.6 is 0 Å². The van der Waals surface area contributed by atoms with Gasteiger partial charge in [0, 0.05) is 0 Å². The lowest BCUT2D eigenvalue weighted by atomic mass is 9.96. The zero-order chi connectivity index (χ0) is 14.1. The van der Waals surface area contributed by atoms with Crippen molar-refractivity contribution in [3.63, 3.8) is 0 Å². The number of hydrogen-bond acceptors (Lipinski definition) is 4. The second kappa shape index (κ2) is 9.32. The Kier molecular flexibility index (Phi) is 8.07. The Morgan fingerprint density at radius 1 is 1.32 bits per heavy atom. The van der Waals surface area contributed by atoms with Crippen LogP contribution in [0, 0.1) is 5.92 Å². The van der Waals surface area contributed by atoms with Gasteiger partial charge in [-0.05, 0) is 58.3 Å². The van der Waals surface area contributed by atoms with Gasteiger partial charge in [0.05, 0.1) is 6.61 Å². The molecule has 1 saturated heterocycles. The summed E-state index contributed by atoms with van der Waals surface area (Å²) >= 11 is 0. The van der Waals surface area contributed by atoms with Crippen molar-refractivity contribution in [3.8, 4) is 0 Å². The number of esters is 1. The molecule has 1 atom stereocenters. The third-order valence-electron chi connectivity index (χ3n) is 3.96. The van der Waals surface area contributed by atoms with E-state index in [4.69, 9.17) is 4.74 Å². The normalized spacial score (nSPS) is 19.3. The highest BCUT2D eigenvalue weighted by Crippen LogP contribution is 2.16. The van der Waals surface area contributed by atoms with Crippen LogP contribution in [0.4, 0.5) is 0 Å². The number of rotatable bonds is 8. The molecular weight excluding hydrogens is 240 g/mol. The molecule has 4 nitrogen and oxygen atoms in total. The summed E-state index contributed by atoms with van der Waals surface area (Å²) < 4.78 is 5.12. The topological polar surface area (TPSA) is 41.6 Å². The van der Waals surface area contributed by atoms with Gasteiger partial charge in [0.15, 0.2) is 0 Å². The van der Waals surface area contributed by atoms with Gasteiger partial charge in [-0.3, -0.25) is 4.79 Å². The molecule has 1 unspecified atom stereocenters. The van der Waals surface area contributed by atoms with Crippen molar-refractivity contribution >= 4 is 5.97 Å². The maximum Gasteiger partial charge on any atom is 0.323 e. The van der Waals surface area contributed by atoms with Crippen molar-refractivity contribution in [2.75, 3.05) is 32.8 Å². The lowest BCUT2D eigenvalue weighted by Crippen LogP contribution is -2.43. The molecule has 0 bridgehead atoms. The quantitative estimate of drug-likeness (QED) is 0.685. The molecule has 1 fully saturated rings. The first-order chi connectivity index (χ1) is 9.21. The largest absolute Gasteiger partial charge is 0.465 e. The number of carbonyl (C=O) groups excluding carboxylic acids is 1. The third kappa shape index (κ3) is 5.91. The molecule has 0 aromatic carbocycles. The molecule has 0 amide bonds. The number of piperidine rings is 1. The Morgan fingerprint density at radius 2 is 2.00 bits per heavy atom. The van der Waals surface area contributed by atoms with Gasteiger partial charge >= 0.3 is 5.97 Å². The third-order valence-corrected chi connectivity index (χ3v) is 3.96. The van der Waals surface area contributed by atoms with Crippen LogP contribution in [0.15, 0.2) is 0 Å². The Labute approximate surface area is 117 Å². The molecule has 1 heterocycles. The second-order valence-electron chi connectivity index (χ2n) is 5.38. The molecule has 1 N–H and O–H groups in total. The van der Waals surface area contributed by atoms with E-state index in [1.165, 1.54) is 25.9 Å². The predicted octanol–water partition coefficient (Wildman–Crippen LogP) is 2.04. The van der Waals surface area contributed by atoms with Crippen molar-refractivity contribution in [2.24, 2.45) is 5.92 Å². The number of likely N-dealkylation sites (tertiary alicyclic amines) is 1. The molecule has 0 spiro atoms. The molecule has 1 rings (SSSR count). The van der Waals surface area contributed by atoms with Crippen molar-refractivity contribution in [2.45, 2.75) is 52.5 Å². The van der Waals surface area contributed by atoms with E-state index in [0.717, 1.165) is 25.9 Å². The van der Waals surface area contributed by atoms with Gasteiger partial charge in [-0.25, -0.2) is 0 Å². The Morgan fingerprint density at radius 3 is 2.53 bits per heavy atom. The van der Waals surface area contributed by atoms with Gasteiger partial charge < -0.3 is 15.0 Å². The monoisotopic (exact) mass is 270 g/mol. The lowest BCUT2D eigenvalue weighted by molar-refractivity contribution is -0.145. The SMILES string of the molecule is CCCC(NCC1CCN(CC)CC1)C(=O)OCC. The van der Waals surface area contributed by atoms with Gasteiger partial charge in [0.25, 0.3) is 0 Å². The summed E-state index contributed by atoms with van der Waals surface area (Å²) in [5.74, 6) is 0.618. The molecule has 0 aliphatic carbocycles. The zero-order valence-electron chi connectivity index (χ0n) is 12.8. The average molecular weight is 270 g/mol. The molecule has 0 radical (unpaired) electrons. The van der Waals surface area contributed by atoms with Crippen molar-refractivity contribution < 1.29 is 9.53 Å². The summed E-state index contributed by atoms with van der Waals surface area (Å²) in [6.07, 6.45) is 4.35. The molecule has 0 aromatic rings. The van der Waals surface area contributed by atoms with Crippen molar-refractivity contribution in [1.29, 1.82) is 0 Å². The number of hydrogen-bond donors (Lipinski definition) is 1. The smallest absolute Gasteiger partial charge is 0.323 e. The highest BCUT2D eigenvalue weighted by Gasteiger charge is 2.22. The van der Waals surface area contributed by atoms with Crippen LogP contribution in [0.1, 0.15) is 46.5 Å². The molecule has 1 aliphatic heterocycles. The summed E-state index contributed by atoms with van der Waals surface area (Å²) in [6, 6.07) is -0.117. The van der Waals surface area contributed by atoms with Crippen LogP contribution in [0.2, 0.25) is 0 Å². The molecular formula is C15H30N2O2. The number of carbonyl (C=O) groups is 1. The molecule has 1 aliphatic rings. The first kappa shape index (κ1) is 16.4. The number of ether oxygens (including phenoxy) is 1. The minimum Gasteiger partial charge on any atom is -0.465 e. The highest BCUT2D eigenvalue weighted by molar-refractivity contribution is 5.75. The van der Waals surface area contributed by atoms with Gasteiger partial charge in [0.2, 0.25) is 0 Å².